The topological polar surface area (TPSA) is 42.2 Å². The van der Waals surface area contributed by atoms with Crippen LogP contribution in [0.2, 0.25) is 0 Å². The summed E-state index contributed by atoms with van der Waals surface area (Å²) in [7, 11) is 2.08. The van der Waals surface area contributed by atoms with Crippen LogP contribution in [0.25, 0.3) is 10.8 Å². The SMILES string of the molecule is Cc1ccc(CN(C)C(C)c2nnc(-c3cccs3)o2)c(C)c1. The Balaban J connectivity index is 1.73. The fourth-order valence-corrected chi connectivity index (χ4v) is 3.16. The van der Waals surface area contributed by atoms with Crippen molar-refractivity contribution in [1.82, 2.24) is 15.1 Å². The number of nitrogens with zero attached hydrogens (tertiary/aromatic N) is 3. The molecule has 1 aromatic carbocycles. The van der Waals surface area contributed by atoms with E-state index in [9.17, 15) is 0 Å². The normalized spacial score (nSPS) is 12.7. The lowest BCUT2D eigenvalue weighted by atomic mass is 10.1. The Kier molecular flexibility index (Phi) is 4.59. The summed E-state index contributed by atoms with van der Waals surface area (Å²) in [6.45, 7) is 7.22. The Morgan fingerprint density at radius 3 is 2.74 bits per heavy atom. The van der Waals surface area contributed by atoms with Gasteiger partial charge in [0.2, 0.25) is 5.89 Å². The van der Waals surface area contributed by atoms with Crippen molar-refractivity contribution in [2.24, 2.45) is 0 Å². The van der Waals surface area contributed by atoms with E-state index in [0.717, 1.165) is 11.4 Å². The third-order valence-electron chi connectivity index (χ3n) is 4.11. The van der Waals surface area contributed by atoms with Crippen LogP contribution in [-0.2, 0) is 6.54 Å². The van der Waals surface area contributed by atoms with E-state index >= 15 is 0 Å². The Morgan fingerprint density at radius 1 is 1.22 bits per heavy atom. The van der Waals surface area contributed by atoms with Crippen molar-refractivity contribution in [3.63, 3.8) is 0 Å². The Bertz CT molecular complexity index is 779. The van der Waals surface area contributed by atoms with Crippen LogP contribution < -0.4 is 0 Å². The maximum atomic E-state index is 5.84. The van der Waals surface area contributed by atoms with Crippen LogP contribution in [0.5, 0.6) is 0 Å². The van der Waals surface area contributed by atoms with Gasteiger partial charge in [0, 0.05) is 6.54 Å². The van der Waals surface area contributed by atoms with Gasteiger partial charge >= 0.3 is 0 Å². The van der Waals surface area contributed by atoms with Gasteiger partial charge in [-0.05, 0) is 50.4 Å². The van der Waals surface area contributed by atoms with Crippen LogP contribution in [0.15, 0.2) is 40.1 Å². The van der Waals surface area contributed by atoms with Gasteiger partial charge in [0.25, 0.3) is 5.89 Å². The third kappa shape index (κ3) is 3.51. The second-order valence-corrected chi connectivity index (χ2v) is 6.89. The predicted octanol–water partition coefficient (Wildman–Crippen LogP) is 4.61. The summed E-state index contributed by atoms with van der Waals surface area (Å²) < 4.78 is 5.84. The molecule has 0 bridgehead atoms. The van der Waals surface area contributed by atoms with Crippen LogP contribution in [0, 0.1) is 13.8 Å². The zero-order valence-corrected chi connectivity index (χ0v) is 14.7. The van der Waals surface area contributed by atoms with Crippen LogP contribution >= 0.6 is 11.3 Å². The minimum Gasteiger partial charge on any atom is -0.418 e. The molecule has 2 heterocycles. The van der Waals surface area contributed by atoms with Gasteiger partial charge in [-0.2, -0.15) is 0 Å². The van der Waals surface area contributed by atoms with E-state index < -0.39 is 0 Å². The molecule has 23 heavy (non-hydrogen) atoms. The van der Waals surface area contributed by atoms with E-state index in [1.165, 1.54) is 16.7 Å². The predicted molar refractivity (Wildman–Crippen MR) is 93.4 cm³/mol. The van der Waals surface area contributed by atoms with Gasteiger partial charge in [-0.25, -0.2) is 0 Å². The summed E-state index contributed by atoms with van der Waals surface area (Å²) >= 11 is 1.61. The zero-order chi connectivity index (χ0) is 16.4. The van der Waals surface area contributed by atoms with Crippen molar-refractivity contribution in [3.05, 3.63) is 58.3 Å². The minimum absolute atomic E-state index is 0.0666. The fourth-order valence-electron chi connectivity index (χ4n) is 2.52. The molecule has 3 aromatic rings. The lowest BCUT2D eigenvalue weighted by molar-refractivity contribution is 0.217. The van der Waals surface area contributed by atoms with E-state index in [0.29, 0.717) is 11.8 Å². The lowest BCUT2D eigenvalue weighted by Crippen LogP contribution is -2.22. The first-order valence-corrected chi connectivity index (χ1v) is 8.56. The highest BCUT2D eigenvalue weighted by molar-refractivity contribution is 7.13. The second-order valence-electron chi connectivity index (χ2n) is 5.94. The van der Waals surface area contributed by atoms with Crippen LogP contribution in [0.1, 0.15) is 35.5 Å². The average Bonchev–Trinajstić information content (AvgIpc) is 3.19. The van der Waals surface area contributed by atoms with E-state index in [-0.39, 0.29) is 6.04 Å². The van der Waals surface area contributed by atoms with E-state index in [1.807, 2.05) is 17.5 Å². The number of hydrogen-bond acceptors (Lipinski definition) is 5. The Labute approximate surface area is 140 Å². The smallest absolute Gasteiger partial charge is 0.257 e. The summed E-state index contributed by atoms with van der Waals surface area (Å²) in [5.41, 5.74) is 3.93. The third-order valence-corrected chi connectivity index (χ3v) is 4.97. The van der Waals surface area contributed by atoms with Gasteiger partial charge in [0.15, 0.2) is 0 Å². The molecule has 4 nitrogen and oxygen atoms in total. The molecule has 0 N–H and O–H groups in total. The summed E-state index contributed by atoms with van der Waals surface area (Å²) in [6, 6.07) is 10.6. The molecule has 1 atom stereocenters. The van der Waals surface area contributed by atoms with Gasteiger partial charge in [0.1, 0.15) is 0 Å². The molecule has 3 rings (SSSR count). The quantitative estimate of drug-likeness (QED) is 0.686. The number of benzene rings is 1. The van der Waals surface area contributed by atoms with Gasteiger partial charge in [-0.15, -0.1) is 21.5 Å². The molecule has 0 aliphatic carbocycles. The molecule has 0 aliphatic heterocycles. The molecule has 0 spiro atoms. The first-order chi connectivity index (χ1) is 11.0. The first kappa shape index (κ1) is 15.9. The fraction of sp³-hybridized carbons (Fsp3) is 0.333. The van der Waals surface area contributed by atoms with Crippen LogP contribution in [0.3, 0.4) is 0 Å². The molecule has 5 heteroatoms. The van der Waals surface area contributed by atoms with E-state index in [1.54, 1.807) is 11.3 Å². The van der Waals surface area contributed by atoms with Gasteiger partial charge < -0.3 is 4.42 Å². The number of aryl methyl sites for hydroxylation is 2. The monoisotopic (exact) mass is 327 g/mol. The molecule has 0 saturated carbocycles. The highest BCUT2D eigenvalue weighted by atomic mass is 32.1. The highest BCUT2D eigenvalue weighted by Gasteiger charge is 2.20. The summed E-state index contributed by atoms with van der Waals surface area (Å²) in [6.07, 6.45) is 0. The Hall–Kier alpha value is -1.98. The molecule has 0 aliphatic rings. The molecule has 0 amide bonds. The number of hydrogen-bond donors (Lipinski definition) is 0. The van der Waals surface area contributed by atoms with Crippen LogP contribution in [-0.4, -0.2) is 22.1 Å². The van der Waals surface area contributed by atoms with Gasteiger partial charge in [-0.1, -0.05) is 29.8 Å². The summed E-state index contributed by atoms with van der Waals surface area (Å²) in [5, 5.41) is 10.4. The Morgan fingerprint density at radius 2 is 2.04 bits per heavy atom. The number of rotatable bonds is 5. The van der Waals surface area contributed by atoms with Gasteiger partial charge in [0.05, 0.1) is 10.9 Å². The molecule has 1 unspecified atom stereocenters. The molecule has 120 valence electrons. The highest BCUT2D eigenvalue weighted by Crippen LogP contribution is 2.27. The number of aromatic nitrogens is 2. The standard InChI is InChI=1S/C18H21N3OS/c1-12-7-8-15(13(2)10-12)11-21(4)14(3)17-19-20-18(22-17)16-6-5-9-23-16/h5-10,14H,11H2,1-4H3. The van der Waals surface area contributed by atoms with Gasteiger partial charge in [-0.3, -0.25) is 4.90 Å². The molecule has 0 saturated heterocycles. The van der Waals surface area contributed by atoms with Crippen molar-refractivity contribution in [3.8, 4) is 10.8 Å². The van der Waals surface area contributed by atoms with Crippen molar-refractivity contribution in [1.29, 1.82) is 0 Å². The molecule has 0 fully saturated rings. The summed E-state index contributed by atoms with van der Waals surface area (Å²) in [4.78, 5) is 3.23. The van der Waals surface area contributed by atoms with Crippen molar-refractivity contribution < 1.29 is 4.42 Å². The van der Waals surface area contributed by atoms with Crippen molar-refractivity contribution >= 4 is 11.3 Å². The van der Waals surface area contributed by atoms with Crippen LogP contribution in [0.4, 0.5) is 0 Å². The average molecular weight is 327 g/mol. The first-order valence-electron chi connectivity index (χ1n) is 7.68. The van der Waals surface area contributed by atoms with E-state index in [4.69, 9.17) is 4.42 Å². The largest absolute Gasteiger partial charge is 0.418 e. The molecular weight excluding hydrogens is 306 g/mol. The number of thiophene rings is 1. The molecule has 2 aromatic heterocycles. The minimum atomic E-state index is 0.0666. The summed E-state index contributed by atoms with van der Waals surface area (Å²) in [5.74, 6) is 1.25. The molecular formula is C18H21N3OS. The maximum absolute atomic E-state index is 5.84. The van der Waals surface area contributed by atoms with Crippen molar-refractivity contribution in [2.45, 2.75) is 33.4 Å². The van der Waals surface area contributed by atoms with Crippen molar-refractivity contribution in [2.75, 3.05) is 7.05 Å². The lowest BCUT2D eigenvalue weighted by Gasteiger charge is -2.22. The zero-order valence-electron chi connectivity index (χ0n) is 13.9. The van der Waals surface area contributed by atoms with E-state index in [2.05, 4.69) is 61.1 Å². The second kappa shape index (κ2) is 6.64. The molecule has 0 radical (unpaired) electrons. The maximum Gasteiger partial charge on any atom is 0.257 e.